The van der Waals surface area contributed by atoms with Gasteiger partial charge in [0.1, 0.15) is 10.9 Å². The molecule has 0 saturated carbocycles. The lowest BCUT2D eigenvalue weighted by atomic mass is 10.1. The maximum absolute atomic E-state index is 11.1. The molecule has 0 aliphatic heterocycles. The average molecular weight is 331 g/mol. The molecule has 23 heavy (non-hydrogen) atoms. The summed E-state index contributed by atoms with van der Waals surface area (Å²) < 4.78 is 5.61. The van der Waals surface area contributed by atoms with Crippen LogP contribution in [-0.2, 0) is 0 Å². The summed E-state index contributed by atoms with van der Waals surface area (Å²) in [4.78, 5) is 18.7. The van der Waals surface area contributed by atoms with E-state index in [1.54, 1.807) is 18.2 Å². The molecule has 118 valence electrons. The Bertz CT molecular complexity index is 782. The number of carboxylic acids is 1. The Hall–Kier alpha value is -2.58. The second kappa shape index (κ2) is 7.12. The van der Waals surface area contributed by atoms with Crippen molar-refractivity contribution in [3.8, 4) is 17.0 Å². The summed E-state index contributed by atoms with van der Waals surface area (Å²) in [5.41, 5.74) is 1.40. The number of rotatable bonds is 5. The number of ether oxygens (including phenoxy) is 1. The Morgan fingerprint density at radius 1 is 1.39 bits per heavy atom. The number of hydrogen-bond donors (Lipinski definition) is 1. The Morgan fingerprint density at radius 2 is 2.13 bits per heavy atom. The minimum atomic E-state index is -1.09. The molecule has 0 aliphatic rings. The van der Waals surface area contributed by atoms with Crippen LogP contribution < -0.4 is 4.74 Å². The highest BCUT2D eigenvalue weighted by Gasteiger charge is 2.12. The van der Waals surface area contributed by atoms with Crippen molar-refractivity contribution in [2.24, 2.45) is 5.92 Å². The summed E-state index contributed by atoms with van der Waals surface area (Å²) in [6.07, 6.45) is 0. The Morgan fingerprint density at radius 3 is 2.74 bits per heavy atom. The van der Waals surface area contributed by atoms with Crippen LogP contribution in [0.4, 0.5) is 5.69 Å². The van der Waals surface area contributed by atoms with Gasteiger partial charge in [0.05, 0.1) is 24.4 Å². The molecular formula is C17H15ClN2O3. The maximum atomic E-state index is 11.1. The predicted octanol–water partition coefficient (Wildman–Crippen LogP) is 4.69. The zero-order valence-electron chi connectivity index (χ0n) is 12.7. The largest absolute Gasteiger partial charge is 0.504 e. The van der Waals surface area contributed by atoms with Crippen LogP contribution in [0.25, 0.3) is 16.1 Å². The van der Waals surface area contributed by atoms with E-state index in [0.717, 1.165) is 0 Å². The summed E-state index contributed by atoms with van der Waals surface area (Å²) >= 11 is 5.87. The molecule has 0 fully saturated rings. The number of aromatic carboxylic acids is 1. The highest BCUT2D eigenvalue weighted by molar-refractivity contribution is 6.29. The van der Waals surface area contributed by atoms with Crippen molar-refractivity contribution in [1.29, 1.82) is 0 Å². The van der Waals surface area contributed by atoms with Crippen LogP contribution in [0.5, 0.6) is 5.75 Å². The van der Waals surface area contributed by atoms with Crippen LogP contribution >= 0.6 is 11.6 Å². The van der Waals surface area contributed by atoms with Gasteiger partial charge in [0.15, 0.2) is 0 Å². The molecule has 0 radical (unpaired) electrons. The van der Waals surface area contributed by atoms with E-state index in [-0.39, 0.29) is 10.7 Å². The fourth-order valence-electron chi connectivity index (χ4n) is 1.91. The van der Waals surface area contributed by atoms with Gasteiger partial charge in [0.2, 0.25) is 5.69 Å². The van der Waals surface area contributed by atoms with Gasteiger partial charge in [-0.05, 0) is 35.7 Å². The van der Waals surface area contributed by atoms with Crippen LogP contribution in [0, 0.1) is 12.5 Å². The van der Waals surface area contributed by atoms with Gasteiger partial charge in [-0.25, -0.2) is 14.6 Å². The van der Waals surface area contributed by atoms with E-state index in [1.807, 2.05) is 13.8 Å². The van der Waals surface area contributed by atoms with Gasteiger partial charge in [-0.15, -0.1) is 0 Å². The first-order chi connectivity index (χ1) is 10.9. The van der Waals surface area contributed by atoms with Crippen molar-refractivity contribution in [3.63, 3.8) is 0 Å². The van der Waals surface area contributed by atoms with E-state index in [4.69, 9.17) is 28.0 Å². The predicted molar refractivity (Wildman–Crippen MR) is 88.2 cm³/mol. The lowest BCUT2D eigenvalue weighted by Gasteiger charge is -2.11. The Kier molecular flexibility index (Phi) is 5.20. The second-order valence-electron chi connectivity index (χ2n) is 5.37. The van der Waals surface area contributed by atoms with E-state index in [9.17, 15) is 4.79 Å². The fraction of sp³-hybridized carbons (Fsp3) is 0.235. The molecule has 0 amide bonds. The number of carboxylic acid groups (broad SMARTS) is 1. The third-order valence-electron chi connectivity index (χ3n) is 2.99. The fourth-order valence-corrected chi connectivity index (χ4v) is 2.12. The summed E-state index contributed by atoms with van der Waals surface area (Å²) in [5.74, 6) is -0.239. The number of nitrogens with zero attached hydrogens (tertiary/aromatic N) is 2. The van der Waals surface area contributed by atoms with Gasteiger partial charge in [0, 0.05) is 0 Å². The molecule has 6 heteroatoms. The van der Waals surface area contributed by atoms with Crippen LogP contribution in [0.2, 0.25) is 5.15 Å². The number of halogens is 1. The highest BCUT2D eigenvalue weighted by atomic mass is 35.5. The monoisotopic (exact) mass is 330 g/mol. The minimum Gasteiger partial charge on any atom is -0.504 e. The number of pyridine rings is 1. The molecule has 1 heterocycles. The van der Waals surface area contributed by atoms with Crippen molar-refractivity contribution in [3.05, 3.63) is 52.5 Å². The van der Waals surface area contributed by atoms with Crippen molar-refractivity contribution in [2.75, 3.05) is 6.61 Å². The van der Waals surface area contributed by atoms with Crippen molar-refractivity contribution in [1.82, 2.24) is 4.98 Å². The first-order valence-electron chi connectivity index (χ1n) is 6.96. The SMILES string of the molecule is [C-]#[N+]c1cc(-c2cc(C(=O)O)cc(Cl)n2)ccc1OCC(C)C. The molecular weight excluding hydrogens is 316 g/mol. The summed E-state index contributed by atoms with van der Waals surface area (Å²) in [5, 5.41) is 9.18. The zero-order valence-corrected chi connectivity index (χ0v) is 13.5. The standard InChI is InChI=1S/C17H15ClN2O3/c1-10(2)9-23-15-5-4-11(6-14(15)19-3)13-7-12(17(21)22)8-16(18)20-13/h4-8,10H,9H2,1-2H3,(H,21,22). The second-order valence-corrected chi connectivity index (χ2v) is 5.76. The lowest BCUT2D eigenvalue weighted by Crippen LogP contribution is -2.04. The molecule has 0 spiro atoms. The molecule has 5 nitrogen and oxygen atoms in total. The summed E-state index contributed by atoms with van der Waals surface area (Å²) in [6.45, 7) is 11.8. The first kappa shape index (κ1) is 16.8. The smallest absolute Gasteiger partial charge is 0.335 e. The minimum absolute atomic E-state index is 0.0458. The third-order valence-corrected chi connectivity index (χ3v) is 3.18. The van der Waals surface area contributed by atoms with Gasteiger partial charge in [-0.2, -0.15) is 0 Å². The van der Waals surface area contributed by atoms with Gasteiger partial charge < -0.3 is 9.84 Å². The normalized spacial score (nSPS) is 10.4. The van der Waals surface area contributed by atoms with Crippen molar-refractivity contribution < 1.29 is 14.6 Å². The quantitative estimate of drug-likeness (QED) is 0.638. The van der Waals surface area contributed by atoms with Gasteiger partial charge in [0.25, 0.3) is 0 Å². The molecule has 2 rings (SSSR count). The molecule has 0 aliphatic carbocycles. The van der Waals surface area contributed by atoms with Gasteiger partial charge in [-0.3, -0.25) is 0 Å². The number of aromatic nitrogens is 1. The van der Waals surface area contributed by atoms with Crippen LogP contribution in [0.3, 0.4) is 0 Å². The van der Waals surface area contributed by atoms with E-state index in [1.165, 1.54) is 12.1 Å². The number of benzene rings is 1. The van der Waals surface area contributed by atoms with E-state index < -0.39 is 5.97 Å². The van der Waals surface area contributed by atoms with Crippen LogP contribution in [-0.4, -0.2) is 22.7 Å². The maximum Gasteiger partial charge on any atom is 0.335 e. The van der Waals surface area contributed by atoms with E-state index in [2.05, 4.69) is 9.83 Å². The van der Waals surface area contributed by atoms with Crippen molar-refractivity contribution in [2.45, 2.75) is 13.8 Å². The van der Waals surface area contributed by atoms with Gasteiger partial charge in [-0.1, -0.05) is 31.5 Å². The van der Waals surface area contributed by atoms with Crippen molar-refractivity contribution >= 4 is 23.3 Å². The topological polar surface area (TPSA) is 63.8 Å². The molecule has 0 atom stereocenters. The van der Waals surface area contributed by atoms with E-state index in [0.29, 0.717) is 35.2 Å². The Balaban J connectivity index is 2.41. The van der Waals surface area contributed by atoms with Crippen LogP contribution in [0.1, 0.15) is 24.2 Å². The molecule has 1 aromatic carbocycles. The first-order valence-corrected chi connectivity index (χ1v) is 7.34. The summed E-state index contributed by atoms with van der Waals surface area (Å²) in [6, 6.07) is 7.74. The Labute approximate surface area is 139 Å². The van der Waals surface area contributed by atoms with E-state index >= 15 is 0 Å². The third kappa shape index (κ3) is 4.21. The molecule has 2 aromatic rings. The molecule has 1 aromatic heterocycles. The number of hydrogen-bond acceptors (Lipinski definition) is 3. The molecule has 1 N–H and O–H groups in total. The average Bonchev–Trinajstić information content (AvgIpc) is 2.52. The van der Waals surface area contributed by atoms with Gasteiger partial charge >= 0.3 is 5.97 Å². The lowest BCUT2D eigenvalue weighted by molar-refractivity contribution is 0.0697. The molecule has 0 unspecified atom stereocenters. The number of carbonyl (C=O) groups is 1. The van der Waals surface area contributed by atoms with Crippen LogP contribution in [0.15, 0.2) is 30.3 Å². The molecule has 0 bridgehead atoms. The molecule has 0 saturated heterocycles. The highest BCUT2D eigenvalue weighted by Crippen LogP contribution is 2.33. The zero-order chi connectivity index (χ0) is 17.0. The summed E-state index contributed by atoms with van der Waals surface area (Å²) in [7, 11) is 0.